The smallest absolute Gasteiger partial charge is 0.317 e. The third-order valence-corrected chi connectivity index (χ3v) is 4.10. The molecule has 0 aromatic carbocycles. The maximum absolute atomic E-state index is 12.2. The average molecular weight is 284 g/mol. The summed E-state index contributed by atoms with van der Waals surface area (Å²) in [6.45, 7) is 4.85. The lowest BCUT2D eigenvalue weighted by atomic mass is 9.94. The molecular formula is C15H28N2O3. The molecule has 0 aromatic rings. The zero-order chi connectivity index (χ0) is 15.0. The number of carbonyl (C=O) groups excluding carboxylic acids is 1. The SMILES string of the molecule is CCCC(CNC(=O)N(CC)C1CCCCC1)C(=O)O. The zero-order valence-corrected chi connectivity index (χ0v) is 12.7. The summed E-state index contributed by atoms with van der Waals surface area (Å²) in [5.74, 6) is -1.30. The Morgan fingerprint density at radius 1 is 1.25 bits per heavy atom. The second kappa shape index (κ2) is 8.82. The van der Waals surface area contributed by atoms with Gasteiger partial charge in [0.2, 0.25) is 0 Å². The normalized spacial score (nSPS) is 17.5. The van der Waals surface area contributed by atoms with Crippen molar-refractivity contribution < 1.29 is 14.7 Å². The van der Waals surface area contributed by atoms with E-state index in [4.69, 9.17) is 5.11 Å². The van der Waals surface area contributed by atoms with Crippen LogP contribution in [0.25, 0.3) is 0 Å². The first-order chi connectivity index (χ1) is 9.60. The van der Waals surface area contributed by atoms with Crippen molar-refractivity contribution in [2.45, 2.75) is 64.8 Å². The molecule has 1 aliphatic carbocycles. The Morgan fingerprint density at radius 2 is 1.90 bits per heavy atom. The van der Waals surface area contributed by atoms with Gasteiger partial charge in [-0.25, -0.2) is 4.79 Å². The van der Waals surface area contributed by atoms with Gasteiger partial charge in [0.25, 0.3) is 0 Å². The second-order valence-corrected chi connectivity index (χ2v) is 5.59. The van der Waals surface area contributed by atoms with Crippen LogP contribution in [0.2, 0.25) is 0 Å². The zero-order valence-electron chi connectivity index (χ0n) is 12.7. The molecule has 0 bridgehead atoms. The summed E-state index contributed by atoms with van der Waals surface area (Å²) in [6, 6.07) is 0.213. The van der Waals surface area contributed by atoms with Crippen molar-refractivity contribution in [2.24, 2.45) is 5.92 Å². The molecule has 5 nitrogen and oxygen atoms in total. The van der Waals surface area contributed by atoms with E-state index in [2.05, 4.69) is 5.32 Å². The Hall–Kier alpha value is -1.26. The van der Waals surface area contributed by atoms with Gasteiger partial charge in [-0.3, -0.25) is 4.79 Å². The molecule has 0 spiro atoms. The molecule has 0 aliphatic heterocycles. The number of rotatable bonds is 7. The fourth-order valence-corrected chi connectivity index (χ4v) is 2.93. The lowest BCUT2D eigenvalue weighted by Crippen LogP contribution is -2.48. The molecule has 0 radical (unpaired) electrons. The van der Waals surface area contributed by atoms with Gasteiger partial charge in [0.15, 0.2) is 0 Å². The van der Waals surface area contributed by atoms with E-state index in [-0.39, 0.29) is 12.6 Å². The summed E-state index contributed by atoms with van der Waals surface area (Å²) in [7, 11) is 0. The number of amides is 2. The van der Waals surface area contributed by atoms with Crippen molar-refractivity contribution in [3.8, 4) is 0 Å². The average Bonchev–Trinajstić information content (AvgIpc) is 2.45. The molecule has 0 aromatic heterocycles. The van der Waals surface area contributed by atoms with Gasteiger partial charge in [-0.2, -0.15) is 0 Å². The van der Waals surface area contributed by atoms with Gasteiger partial charge in [0.1, 0.15) is 0 Å². The molecule has 1 atom stereocenters. The van der Waals surface area contributed by atoms with Gasteiger partial charge in [0.05, 0.1) is 5.92 Å². The summed E-state index contributed by atoms with van der Waals surface area (Å²) in [4.78, 5) is 25.2. The summed E-state index contributed by atoms with van der Waals surface area (Å²) in [6.07, 6.45) is 7.17. The van der Waals surface area contributed by atoms with Crippen molar-refractivity contribution in [1.82, 2.24) is 10.2 Å². The van der Waals surface area contributed by atoms with Gasteiger partial charge in [-0.15, -0.1) is 0 Å². The first-order valence-corrected chi connectivity index (χ1v) is 7.87. The van der Waals surface area contributed by atoms with Crippen LogP contribution in [0.5, 0.6) is 0 Å². The van der Waals surface area contributed by atoms with E-state index in [0.717, 1.165) is 19.3 Å². The Kier molecular flexibility index (Phi) is 7.41. The Labute approximate surface area is 121 Å². The molecule has 0 saturated heterocycles. The van der Waals surface area contributed by atoms with Crippen molar-refractivity contribution >= 4 is 12.0 Å². The minimum absolute atomic E-state index is 0.109. The molecule has 1 aliphatic rings. The molecule has 116 valence electrons. The van der Waals surface area contributed by atoms with Crippen molar-refractivity contribution in [1.29, 1.82) is 0 Å². The largest absolute Gasteiger partial charge is 0.481 e. The predicted molar refractivity (Wildman–Crippen MR) is 78.7 cm³/mol. The molecule has 2 N–H and O–H groups in total. The summed E-state index contributed by atoms with van der Waals surface area (Å²) < 4.78 is 0. The van der Waals surface area contributed by atoms with E-state index in [1.807, 2.05) is 18.7 Å². The molecule has 0 heterocycles. The number of nitrogens with zero attached hydrogens (tertiary/aromatic N) is 1. The van der Waals surface area contributed by atoms with Crippen LogP contribution in [0, 0.1) is 5.92 Å². The van der Waals surface area contributed by atoms with E-state index in [1.54, 1.807) is 0 Å². The Morgan fingerprint density at radius 3 is 2.40 bits per heavy atom. The van der Waals surface area contributed by atoms with E-state index in [0.29, 0.717) is 19.0 Å². The summed E-state index contributed by atoms with van der Waals surface area (Å²) >= 11 is 0. The molecule has 2 amide bonds. The third-order valence-electron chi connectivity index (χ3n) is 4.10. The van der Waals surface area contributed by atoms with Crippen molar-refractivity contribution in [3.05, 3.63) is 0 Å². The Balaban J connectivity index is 2.47. The highest BCUT2D eigenvalue weighted by Crippen LogP contribution is 2.22. The molecule has 1 saturated carbocycles. The molecular weight excluding hydrogens is 256 g/mol. The van der Waals surface area contributed by atoms with Crippen LogP contribution in [0.15, 0.2) is 0 Å². The maximum atomic E-state index is 12.2. The van der Waals surface area contributed by atoms with E-state index < -0.39 is 11.9 Å². The second-order valence-electron chi connectivity index (χ2n) is 5.59. The van der Waals surface area contributed by atoms with Crippen LogP contribution in [-0.4, -0.2) is 41.1 Å². The molecule has 1 unspecified atom stereocenters. The number of nitrogens with one attached hydrogen (secondary N) is 1. The lowest BCUT2D eigenvalue weighted by Gasteiger charge is -2.33. The van der Waals surface area contributed by atoms with Crippen LogP contribution < -0.4 is 5.32 Å². The topological polar surface area (TPSA) is 69.6 Å². The third kappa shape index (κ3) is 5.02. The molecule has 1 rings (SSSR count). The van der Waals surface area contributed by atoms with E-state index in [1.165, 1.54) is 19.3 Å². The summed E-state index contributed by atoms with van der Waals surface area (Å²) in [5, 5.41) is 11.9. The number of aliphatic carboxylic acids is 1. The maximum Gasteiger partial charge on any atom is 0.317 e. The highest BCUT2D eigenvalue weighted by atomic mass is 16.4. The molecule has 1 fully saturated rings. The molecule has 20 heavy (non-hydrogen) atoms. The fraction of sp³-hybridized carbons (Fsp3) is 0.867. The van der Waals surface area contributed by atoms with Crippen molar-refractivity contribution in [2.75, 3.05) is 13.1 Å². The predicted octanol–water partition coefficient (Wildman–Crippen LogP) is 2.85. The Bertz CT molecular complexity index is 314. The number of hydrogen-bond acceptors (Lipinski definition) is 2. The monoisotopic (exact) mass is 284 g/mol. The number of carbonyl (C=O) groups is 2. The van der Waals surface area contributed by atoms with Gasteiger partial charge in [-0.1, -0.05) is 32.6 Å². The minimum atomic E-state index is -0.826. The fourth-order valence-electron chi connectivity index (χ4n) is 2.93. The van der Waals surface area contributed by atoms with Gasteiger partial charge in [0, 0.05) is 19.1 Å². The van der Waals surface area contributed by atoms with Gasteiger partial charge < -0.3 is 15.3 Å². The van der Waals surface area contributed by atoms with Gasteiger partial charge in [-0.05, 0) is 26.2 Å². The number of hydrogen-bond donors (Lipinski definition) is 2. The van der Waals surface area contributed by atoms with Gasteiger partial charge >= 0.3 is 12.0 Å². The summed E-state index contributed by atoms with van der Waals surface area (Å²) in [5.41, 5.74) is 0. The number of carboxylic acids is 1. The highest BCUT2D eigenvalue weighted by Gasteiger charge is 2.25. The first kappa shape index (κ1) is 16.8. The quantitative estimate of drug-likeness (QED) is 0.755. The van der Waals surface area contributed by atoms with E-state index >= 15 is 0 Å². The van der Waals surface area contributed by atoms with Crippen LogP contribution in [0.4, 0.5) is 4.79 Å². The number of urea groups is 1. The molecule has 5 heteroatoms. The van der Waals surface area contributed by atoms with E-state index in [9.17, 15) is 9.59 Å². The first-order valence-electron chi connectivity index (χ1n) is 7.87. The van der Waals surface area contributed by atoms with Crippen molar-refractivity contribution in [3.63, 3.8) is 0 Å². The van der Waals surface area contributed by atoms with Crippen LogP contribution >= 0.6 is 0 Å². The van der Waals surface area contributed by atoms with Crippen LogP contribution in [0.3, 0.4) is 0 Å². The lowest BCUT2D eigenvalue weighted by molar-refractivity contribution is -0.141. The standard InChI is InChI=1S/C15H28N2O3/c1-3-8-12(14(18)19)11-16-15(20)17(4-2)13-9-6-5-7-10-13/h12-13H,3-11H2,1-2H3,(H,16,20)(H,18,19). The van der Waals surface area contributed by atoms with Crippen LogP contribution in [0.1, 0.15) is 58.8 Å². The number of carboxylic acid groups (broad SMARTS) is 1. The minimum Gasteiger partial charge on any atom is -0.481 e. The highest BCUT2D eigenvalue weighted by molar-refractivity contribution is 5.76. The van der Waals surface area contributed by atoms with Crippen LogP contribution in [-0.2, 0) is 4.79 Å².